The Kier molecular flexibility index (Phi) is 3.89. The van der Waals surface area contributed by atoms with Gasteiger partial charge in [0.15, 0.2) is 0 Å². The van der Waals surface area contributed by atoms with Crippen LogP contribution in [0.1, 0.15) is 20.3 Å². The van der Waals surface area contributed by atoms with Crippen LogP contribution in [-0.4, -0.2) is 36.5 Å². The number of rotatable bonds is 3. The highest BCUT2D eigenvalue weighted by molar-refractivity contribution is 5.76. The van der Waals surface area contributed by atoms with Crippen LogP contribution in [0.25, 0.3) is 0 Å². The normalized spacial score (nSPS) is 34.4. The molecule has 0 aliphatic carbocycles. The van der Waals surface area contributed by atoms with Crippen molar-refractivity contribution in [2.75, 3.05) is 19.6 Å². The molecule has 4 heteroatoms. The lowest BCUT2D eigenvalue weighted by Gasteiger charge is -2.41. The van der Waals surface area contributed by atoms with Gasteiger partial charge in [0.1, 0.15) is 0 Å². The zero-order valence-corrected chi connectivity index (χ0v) is 9.07. The van der Waals surface area contributed by atoms with Crippen LogP contribution in [0.3, 0.4) is 0 Å². The van der Waals surface area contributed by atoms with Crippen LogP contribution in [0.5, 0.6) is 0 Å². The number of hydrogen-bond donors (Lipinski definition) is 2. The van der Waals surface area contributed by atoms with Crippen molar-refractivity contribution in [3.8, 4) is 0 Å². The van der Waals surface area contributed by atoms with Crippen LogP contribution < -0.4 is 11.5 Å². The van der Waals surface area contributed by atoms with Gasteiger partial charge in [0.25, 0.3) is 0 Å². The summed E-state index contributed by atoms with van der Waals surface area (Å²) in [6.45, 7) is 6.30. The molecule has 0 aromatic carbocycles. The average Bonchev–Trinajstić information content (AvgIpc) is 2.01. The van der Waals surface area contributed by atoms with E-state index in [4.69, 9.17) is 11.5 Å². The summed E-state index contributed by atoms with van der Waals surface area (Å²) >= 11 is 0. The number of primary amides is 1. The zero-order chi connectivity index (χ0) is 10.7. The average molecular weight is 199 g/mol. The van der Waals surface area contributed by atoms with Crippen molar-refractivity contribution < 1.29 is 4.79 Å². The first-order valence-electron chi connectivity index (χ1n) is 5.27. The maximum Gasteiger partial charge on any atom is 0.231 e. The number of hydrogen-bond acceptors (Lipinski definition) is 3. The SMILES string of the molecule is CC1CC(C)C(CN)N(CC(N)=O)C1. The van der Waals surface area contributed by atoms with E-state index in [-0.39, 0.29) is 5.91 Å². The summed E-state index contributed by atoms with van der Waals surface area (Å²) < 4.78 is 0. The van der Waals surface area contributed by atoms with Gasteiger partial charge in [-0.15, -0.1) is 0 Å². The summed E-state index contributed by atoms with van der Waals surface area (Å²) in [5.74, 6) is 0.931. The van der Waals surface area contributed by atoms with Gasteiger partial charge in [-0.2, -0.15) is 0 Å². The largest absolute Gasteiger partial charge is 0.369 e. The fraction of sp³-hybridized carbons (Fsp3) is 0.900. The van der Waals surface area contributed by atoms with Crippen molar-refractivity contribution in [1.82, 2.24) is 4.90 Å². The van der Waals surface area contributed by atoms with Crippen LogP contribution in [0, 0.1) is 11.8 Å². The fourth-order valence-electron chi connectivity index (χ4n) is 2.53. The molecule has 0 aromatic rings. The standard InChI is InChI=1S/C10H21N3O/c1-7-3-8(2)9(4-11)13(5-7)6-10(12)14/h7-9H,3-6,11H2,1-2H3,(H2,12,14). The minimum absolute atomic E-state index is 0.259. The molecule has 1 heterocycles. The molecule has 0 spiro atoms. The van der Waals surface area contributed by atoms with E-state index in [1.165, 1.54) is 6.42 Å². The maximum atomic E-state index is 10.9. The molecule has 1 rings (SSSR count). The van der Waals surface area contributed by atoms with E-state index in [1.54, 1.807) is 0 Å². The highest BCUT2D eigenvalue weighted by Gasteiger charge is 2.31. The smallest absolute Gasteiger partial charge is 0.231 e. The van der Waals surface area contributed by atoms with Gasteiger partial charge in [-0.3, -0.25) is 9.69 Å². The van der Waals surface area contributed by atoms with Gasteiger partial charge >= 0.3 is 0 Å². The summed E-state index contributed by atoms with van der Waals surface area (Å²) in [7, 11) is 0. The lowest BCUT2D eigenvalue weighted by Crippen LogP contribution is -2.53. The molecule has 4 nitrogen and oxygen atoms in total. The first kappa shape index (κ1) is 11.5. The summed E-state index contributed by atoms with van der Waals surface area (Å²) in [6, 6.07) is 0.318. The van der Waals surface area contributed by atoms with Gasteiger partial charge in [0, 0.05) is 19.1 Å². The van der Waals surface area contributed by atoms with E-state index < -0.39 is 0 Å². The number of piperidine rings is 1. The first-order valence-corrected chi connectivity index (χ1v) is 5.27. The second-order valence-corrected chi connectivity index (χ2v) is 4.52. The van der Waals surface area contributed by atoms with Crippen molar-refractivity contribution in [1.29, 1.82) is 0 Å². The lowest BCUT2D eigenvalue weighted by molar-refractivity contribution is -0.120. The summed E-state index contributed by atoms with van der Waals surface area (Å²) in [5.41, 5.74) is 10.9. The van der Waals surface area contributed by atoms with Crippen molar-refractivity contribution in [2.24, 2.45) is 23.3 Å². The molecule has 0 aromatic heterocycles. The molecule has 1 saturated heterocycles. The van der Waals surface area contributed by atoms with Gasteiger partial charge in [0.2, 0.25) is 5.91 Å². The van der Waals surface area contributed by atoms with Gasteiger partial charge < -0.3 is 11.5 Å². The van der Waals surface area contributed by atoms with Gasteiger partial charge in [-0.05, 0) is 18.3 Å². The Labute approximate surface area is 85.6 Å². The van der Waals surface area contributed by atoms with E-state index in [2.05, 4.69) is 18.7 Å². The van der Waals surface area contributed by atoms with E-state index in [0.717, 1.165) is 6.54 Å². The topological polar surface area (TPSA) is 72.3 Å². The monoisotopic (exact) mass is 199 g/mol. The number of nitrogens with zero attached hydrogens (tertiary/aromatic N) is 1. The molecule has 82 valence electrons. The molecule has 1 amide bonds. The first-order chi connectivity index (χ1) is 6.54. The molecule has 0 radical (unpaired) electrons. The predicted octanol–water partition coefficient (Wildman–Crippen LogP) is -0.223. The van der Waals surface area contributed by atoms with Crippen LogP contribution in [-0.2, 0) is 4.79 Å². The summed E-state index contributed by atoms with van der Waals surface area (Å²) in [4.78, 5) is 13.0. The van der Waals surface area contributed by atoms with Crippen molar-refractivity contribution >= 4 is 5.91 Å². The number of likely N-dealkylation sites (tertiary alicyclic amines) is 1. The number of amides is 1. The highest BCUT2D eigenvalue weighted by Crippen LogP contribution is 2.26. The zero-order valence-electron chi connectivity index (χ0n) is 9.07. The molecule has 4 N–H and O–H groups in total. The Balaban J connectivity index is 2.62. The summed E-state index contributed by atoms with van der Waals surface area (Å²) in [5, 5.41) is 0. The van der Waals surface area contributed by atoms with Crippen molar-refractivity contribution in [3.05, 3.63) is 0 Å². The van der Waals surface area contributed by atoms with Gasteiger partial charge in [0.05, 0.1) is 6.54 Å². The molecule has 1 aliphatic rings. The van der Waals surface area contributed by atoms with Crippen LogP contribution >= 0.6 is 0 Å². The van der Waals surface area contributed by atoms with E-state index in [1.807, 2.05) is 0 Å². The van der Waals surface area contributed by atoms with Crippen molar-refractivity contribution in [3.63, 3.8) is 0 Å². The van der Waals surface area contributed by atoms with Crippen LogP contribution in [0.4, 0.5) is 0 Å². The fourth-order valence-corrected chi connectivity index (χ4v) is 2.53. The molecule has 3 atom stereocenters. The lowest BCUT2D eigenvalue weighted by atomic mass is 9.85. The molecule has 0 saturated carbocycles. The molecule has 1 fully saturated rings. The summed E-state index contributed by atoms with van der Waals surface area (Å²) in [6.07, 6.45) is 1.19. The minimum Gasteiger partial charge on any atom is -0.369 e. The maximum absolute atomic E-state index is 10.9. The van der Waals surface area contributed by atoms with E-state index in [9.17, 15) is 4.79 Å². The molecular weight excluding hydrogens is 178 g/mol. The molecule has 14 heavy (non-hydrogen) atoms. The second-order valence-electron chi connectivity index (χ2n) is 4.52. The Bertz CT molecular complexity index is 208. The second kappa shape index (κ2) is 4.75. The quantitative estimate of drug-likeness (QED) is 0.660. The minimum atomic E-state index is -0.259. The third-order valence-electron chi connectivity index (χ3n) is 3.05. The molecule has 1 aliphatic heterocycles. The Morgan fingerprint density at radius 3 is 2.64 bits per heavy atom. The Hall–Kier alpha value is -0.610. The van der Waals surface area contributed by atoms with Gasteiger partial charge in [-0.1, -0.05) is 13.8 Å². The van der Waals surface area contributed by atoms with Crippen LogP contribution in [0.2, 0.25) is 0 Å². The molecular formula is C10H21N3O. The van der Waals surface area contributed by atoms with Gasteiger partial charge in [-0.25, -0.2) is 0 Å². The Morgan fingerprint density at radius 2 is 2.14 bits per heavy atom. The van der Waals surface area contributed by atoms with Crippen LogP contribution in [0.15, 0.2) is 0 Å². The predicted molar refractivity (Wildman–Crippen MR) is 56.6 cm³/mol. The number of nitrogens with two attached hydrogens (primary N) is 2. The third kappa shape index (κ3) is 2.69. The number of carbonyl (C=O) groups is 1. The highest BCUT2D eigenvalue weighted by atomic mass is 16.1. The van der Waals surface area contributed by atoms with E-state index in [0.29, 0.717) is 31.0 Å². The van der Waals surface area contributed by atoms with Crippen molar-refractivity contribution in [2.45, 2.75) is 26.3 Å². The molecule has 0 bridgehead atoms. The molecule has 3 unspecified atom stereocenters. The van der Waals surface area contributed by atoms with E-state index >= 15 is 0 Å². The Morgan fingerprint density at radius 1 is 1.50 bits per heavy atom. The number of carbonyl (C=O) groups excluding carboxylic acids is 1. The third-order valence-corrected chi connectivity index (χ3v) is 3.05.